The summed E-state index contributed by atoms with van der Waals surface area (Å²) in [4.78, 5) is 12.3. The van der Waals surface area contributed by atoms with Gasteiger partial charge in [-0.15, -0.1) is 0 Å². The number of anilines is 1. The fraction of sp³-hybridized carbons (Fsp3) is 0.364. The maximum atomic E-state index is 5.47. The van der Waals surface area contributed by atoms with E-state index in [1.54, 1.807) is 6.20 Å². The van der Waals surface area contributed by atoms with Crippen LogP contribution in [0.5, 0.6) is 0 Å². The van der Waals surface area contributed by atoms with Crippen molar-refractivity contribution in [1.29, 1.82) is 0 Å². The van der Waals surface area contributed by atoms with Crippen molar-refractivity contribution in [1.82, 2.24) is 15.0 Å². The smallest absolute Gasteiger partial charge is 0.213 e. The summed E-state index contributed by atoms with van der Waals surface area (Å²) in [7, 11) is 0. The van der Waals surface area contributed by atoms with Gasteiger partial charge in [-0.05, 0) is 6.92 Å². The highest BCUT2D eigenvalue weighted by molar-refractivity contribution is 5.34. The van der Waals surface area contributed by atoms with Crippen molar-refractivity contribution in [2.75, 3.05) is 5.32 Å². The molecule has 0 radical (unpaired) electrons. The Morgan fingerprint density at radius 3 is 2.88 bits per heavy atom. The van der Waals surface area contributed by atoms with Gasteiger partial charge in [-0.2, -0.15) is 0 Å². The van der Waals surface area contributed by atoms with Crippen LogP contribution in [0.2, 0.25) is 0 Å². The number of aromatic nitrogens is 3. The summed E-state index contributed by atoms with van der Waals surface area (Å²) >= 11 is 0. The van der Waals surface area contributed by atoms with E-state index in [9.17, 15) is 0 Å². The van der Waals surface area contributed by atoms with Gasteiger partial charge in [0.2, 0.25) is 5.89 Å². The third kappa shape index (κ3) is 2.56. The van der Waals surface area contributed by atoms with Crippen molar-refractivity contribution in [3.63, 3.8) is 0 Å². The SMILES string of the molecule is CCc1cnc(CNc2cc(C)ncn2)o1. The van der Waals surface area contributed by atoms with E-state index >= 15 is 0 Å². The summed E-state index contributed by atoms with van der Waals surface area (Å²) in [5.41, 5.74) is 0.930. The number of hydrogen-bond acceptors (Lipinski definition) is 5. The first-order valence-electron chi connectivity index (χ1n) is 5.24. The Morgan fingerprint density at radius 2 is 2.19 bits per heavy atom. The number of nitrogens with one attached hydrogen (secondary N) is 1. The topological polar surface area (TPSA) is 63.8 Å². The van der Waals surface area contributed by atoms with Gasteiger partial charge in [0, 0.05) is 18.2 Å². The first-order chi connectivity index (χ1) is 7.78. The van der Waals surface area contributed by atoms with Crippen molar-refractivity contribution < 1.29 is 4.42 Å². The molecule has 0 unspecified atom stereocenters. The summed E-state index contributed by atoms with van der Waals surface area (Å²) in [5, 5.41) is 3.13. The van der Waals surface area contributed by atoms with Crippen LogP contribution in [-0.2, 0) is 13.0 Å². The van der Waals surface area contributed by atoms with E-state index in [2.05, 4.69) is 20.3 Å². The van der Waals surface area contributed by atoms with E-state index in [4.69, 9.17) is 4.42 Å². The molecule has 2 rings (SSSR count). The van der Waals surface area contributed by atoms with Gasteiger partial charge in [-0.1, -0.05) is 6.92 Å². The first kappa shape index (κ1) is 10.6. The van der Waals surface area contributed by atoms with E-state index in [1.165, 1.54) is 6.33 Å². The van der Waals surface area contributed by atoms with E-state index in [1.807, 2.05) is 19.9 Å². The van der Waals surface area contributed by atoms with Gasteiger partial charge in [-0.25, -0.2) is 15.0 Å². The molecule has 0 bridgehead atoms. The van der Waals surface area contributed by atoms with Crippen LogP contribution in [0, 0.1) is 6.92 Å². The predicted molar refractivity (Wildman–Crippen MR) is 60.0 cm³/mol. The summed E-state index contributed by atoms with van der Waals surface area (Å²) in [6.07, 6.45) is 4.15. The van der Waals surface area contributed by atoms with Crippen LogP contribution in [0.3, 0.4) is 0 Å². The lowest BCUT2D eigenvalue weighted by Crippen LogP contribution is -2.02. The number of oxazole rings is 1. The third-order valence-electron chi connectivity index (χ3n) is 2.17. The molecule has 0 amide bonds. The lowest BCUT2D eigenvalue weighted by molar-refractivity contribution is 0.465. The second-order valence-corrected chi connectivity index (χ2v) is 3.47. The van der Waals surface area contributed by atoms with Gasteiger partial charge in [0.1, 0.15) is 17.9 Å². The Labute approximate surface area is 94.0 Å². The van der Waals surface area contributed by atoms with Gasteiger partial charge < -0.3 is 9.73 Å². The summed E-state index contributed by atoms with van der Waals surface area (Å²) in [6, 6.07) is 1.88. The molecular formula is C11H14N4O. The quantitative estimate of drug-likeness (QED) is 0.849. The molecule has 16 heavy (non-hydrogen) atoms. The Hall–Kier alpha value is -1.91. The first-order valence-corrected chi connectivity index (χ1v) is 5.24. The Balaban J connectivity index is 1.96. The van der Waals surface area contributed by atoms with Gasteiger partial charge in [0.25, 0.3) is 0 Å². The molecular weight excluding hydrogens is 204 g/mol. The molecule has 0 aliphatic rings. The van der Waals surface area contributed by atoms with Crippen molar-refractivity contribution in [3.05, 3.63) is 35.9 Å². The molecule has 0 saturated carbocycles. The van der Waals surface area contributed by atoms with Gasteiger partial charge in [-0.3, -0.25) is 0 Å². The zero-order valence-corrected chi connectivity index (χ0v) is 9.40. The molecule has 1 N–H and O–H groups in total. The zero-order chi connectivity index (χ0) is 11.4. The van der Waals surface area contributed by atoms with Crippen molar-refractivity contribution in [3.8, 4) is 0 Å². The Bertz CT molecular complexity index is 467. The predicted octanol–water partition coefficient (Wildman–Crippen LogP) is 1.95. The molecule has 0 aromatic carbocycles. The fourth-order valence-corrected chi connectivity index (χ4v) is 1.31. The van der Waals surface area contributed by atoms with Crippen molar-refractivity contribution in [2.24, 2.45) is 0 Å². The van der Waals surface area contributed by atoms with E-state index in [-0.39, 0.29) is 0 Å². The van der Waals surface area contributed by atoms with Crippen LogP contribution in [0.4, 0.5) is 5.82 Å². The van der Waals surface area contributed by atoms with E-state index in [0.29, 0.717) is 12.4 Å². The lowest BCUT2D eigenvalue weighted by Gasteiger charge is -2.02. The highest BCUT2D eigenvalue weighted by Gasteiger charge is 2.02. The van der Waals surface area contributed by atoms with Gasteiger partial charge >= 0.3 is 0 Å². The maximum Gasteiger partial charge on any atom is 0.213 e. The molecule has 5 nitrogen and oxygen atoms in total. The largest absolute Gasteiger partial charge is 0.444 e. The minimum Gasteiger partial charge on any atom is -0.444 e. The second-order valence-electron chi connectivity index (χ2n) is 3.47. The fourth-order valence-electron chi connectivity index (χ4n) is 1.31. The molecule has 0 atom stereocenters. The molecule has 2 aromatic heterocycles. The number of aryl methyl sites for hydroxylation is 2. The minimum absolute atomic E-state index is 0.538. The molecule has 84 valence electrons. The van der Waals surface area contributed by atoms with E-state index in [0.717, 1.165) is 23.7 Å². The minimum atomic E-state index is 0.538. The molecule has 2 aromatic rings. The highest BCUT2D eigenvalue weighted by atomic mass is 16.4. The molecule has 0 aliphatic carbocycles. The van der Waals surface area contributed by atoms with Gasteiger partial charge in [0.15, 0.2) is 0 Å². The zero-order valence-electron chi connectivity index (χ0n) is 9.40. The second kappa shape index (κ2) is 4.74. The normalized spacial score (nSPS) is 10.4. The van der Waals surface area contributed by atoms with Crippen molar-refractivity contribution in [2.45, 2.75) is 26.8 Å². The Kier molecular flexibility index (Phi) is 3.14. The molecule has 5 heteroatoms. The summed E-state index contributed by atoms with van der Waals surface area (Å²) < 4.78 is 5.47. The van der Waals surface area contributed by atoms with Crippen LogP contribution < -0.4 is 5.32 Å². The standard InChI is InChI=1S/C11H14N4O/c1-3-9-5-13-11(16-9)6-12-10-4-8(2)14-7-15-10/h4-5,7H,3,6H2,1-2H3,(H,12,14,15). The highest BCUT2D eigenvalue weighted by Crippen LogP contribution is 2.07. The molecule has 0 aliphatic heterocycles. The van der Waals surface area contributed by atoms with Crippen LogP contribution >= 0.6 is 0 Å². The molecule has 0 spiro atoms. The average molecular weight is 218 g/mol. The average Bonchev–Trinajstić information content (AvgIpc) is 2.74. The molecule has 2 heterocycles. The monoisotopic (exact) mass is 218 g/mol. The van der Waals surface area contributed by atoms with E-state index < -0.39 is 0 Å². The van der Waals surface area contributed by atoms with Crippen LogP contribution in [0.25, 0.3) is 0 Å². The lowest BCUT2D eigenvalue weighted by atomic mass is 10.4. The number of rotatable bonds is 4. The summed E-state index contributed by atoms with van der Waals surface area (Å²) in [5.74, 6) is 2.35. The molecule has 0 fully saturated rings. The summed E-state index contributed by atoms with van der Waals surface area (Å²) in [6.45, 7) is 4.50. The maximum absolute atomic E-state index is 5.47. The molecule has 0 saturated heterocycles. The number of hydrogen-bond donors (Lipinski definition) is 1. The third-order valence-corrected chi connectivity index (χ3v) is 2.17. The van der Waals surface area contributed by atoms with Crippen LogP contribution in [0.15, 0.2) is 23.0 Å². The number of nitrogens with zero attached hydrogens (tertiary/aromatic N) is 3. The van der Waals surface area contributed by atoms with Crippen LogP contribution in [-0.4, -0.2) is 15.0 Å². The van der Waals surface area contributed by atoms with Gasteiger partial charge in [0.05, 0.1) is 12.7 Å². The Morgan fingerprint density at radius 1 is 1.31 bits per heavy atom. The van der Waals surface area contributed by atoms with Crippen molar-refractivity contribution >= 4 is 5.82 Å². The van der Waals surface area contributed by atoms with Crippen LogP contribution in [0.1, 0.15) is 24.3 Å².